The van der Waals surface area contributed by atoms with Crippen molar-refractivity contribution in [2.45, 2.75) is 30.7 Å². The number of hydrogen-bond acceptors (Lipinski definition) is 4. The summed E-state index contributed by atoms with van der Waals surface area (Å²) in [5.41, 5.74) is 5.84. The van der Waals surface area contributed by atoms with Crippen LogP contribution < -0.4 is 15.2 Å². The van der Waals surface area contributed by atoms with E-state index < -0.39 is 0 Å². The average Bonchev–Trinajstić information content (AvgIpc) is 2.27. The molecule has 0 radical (unpaired) electrons. The van der Waals surface area contributed by atoms with Gasteiger partial charge in [0.05, 0.1) is 14.2 Å². The van der Waals surface area contributed by atoms with Crippen LogP contribution in [-0.2, 0) is 0 Å². The molecule has 3 nitrogen and oxygen atoms in total. The Balaban J connectivity index is 2.60. The summed E-state index contributed by atoms with van der Waals surface area (Å²) in [7, 11) is 3.29. The molecule has 4 heteroatoms. The predicted molar refractivity (Wildman–Crippen MR) is 73.2 cm³/mol. The van der Waals surface area contributed by atoms with Crippen molar-refractivity contribution < 1.29 is 9.47 Å². The zero-order chi connectivity index (χ0) is 12.9. The van der Waals surface area contributed by atoms with Crippen LogP contribution >= 0.6 is 11.8 Å². The number of thioether (sulfide) groups is 1. The van der Waals surface area contributed by atoms with E-state index in [-0.39, 0.29) is 5.54 Å². The molecule has 0 aliphatic rings. The van der Waals surface area contributed by atoms with Gasteiger partial charge in [-0.1, -0.05) is 0 Å². The highest BCUT2D eigenvalue weighted by Gasteiger charge is 2.11. The molecule has 0 saturated carbocycles. The molecule has 0 fully saturated rings. The van der Waals surface area contributed by atoms with Crippen LogP contribution in [0.1, 0.15) is 20.3 Å². The van der Waals surface area contributed by atoms with Gasteiger partial charge in [-0.15, -0.1) is 11.8 Å². The third-order valence-corrected chi connectivity index (χ3v) is 3.37. The first-order valence-corrected chi connectivity index (χ1v) is 6.58. The molecule has 2 N–H and O–H groups in total. The number of methoxy groups -OCH3 is 2. The van der Waals surface area contributed by atoms with E-state index in [9.17, 15) is 0 Å². The second-order valence-electron chi connectivity index (χ2n) is 4.60. The van der Waals surface area contributed by atoms with E-state index in [1.807, 2.05) is 32.0 Å². The zero-order valence-corrected chi connectivity index (χ0v) is 11.8. The first-order chi connectivity index (χ1) is 7.96. The largest absolute Gasteiger partial charge is 0.493 e. The van der Waals surface area contributed by atoms with Crippen molar-refractivity contribution in [3.63, 3.8) is 0 Å². The Morgan fingerprint density at radius 2 is 1.82 bits per heavy atom. The summed E-state index contributed by atoms with van der Waals surface area (Å²) >= 11 is 1.78. The summed E-state index contributed by atoms with van der Waals surface area (Å²) in [5, 5.41) is 0. The Morgan fingerprint density at radius 1 is 1.18 bits per heavy atom. The van der Waals surface area contributed by atoms with E-state index in [1.54, 1.807) is 26.0 Å². The van der Waals surface area contributed by atoms with Gasteiger partial charge in [0.2, 0.25) is 0 Å². The molecule has 96 valence electrons. The minimum absolute atomic E-state index is 0.108. The van der Waals surface area contributed by atoms with E-state index >= 15 is 0 Å². The van der Waals surface area contributed by atoms with E-state index in [4.69, 9.17) is 15.2 Å². The van der Waals surface area contributed by atoms with Crippen LogP contribution in [0.3, 0.4) is 0 Å². The topological polar surface area (TPSA) is 44.5 Å². The quantitative estimate of drug-likeness (QED) is 0.794. The molecule has 0 aliphatic heterocycles. The molecule has 1 rings (SSSR count). The molecule has 0 unspecified atom stereocenters. The molecular formula is C13H21NO2S. The van der Waals surface area contributed by atoms with Crippen LogP contribution in [0.5, 0.6) is 11.5 Å². The minimum Gasteiger partial charge on any atom is -0.493 e. The van der Waals surface area contributed by atoms with Crippen molar-refractivity contribution in [1.29, 1.82) is 0 Å². The van der Waals surface area contributed by atoms with Crippen LogP contribution in [-0.4, -0.2) is 25.5 Å². The van der Waals surface area contributed by atoms with Gasteiger partial charge in [-0.2, -0.15) is 0 Å². The molecule has 0 bridgehead atoms. The average molecular weight is 255 g/mol. The molecule has 0 aliphatic carbocycles. The van der Waals surface area contributed by atoms with E-state index in [0.717, 1.165) is 23.7 Å². The molecule has 0 saturated heterocycles. The van der Waals surface area contributed by atoms with Gasteiger partial charge in [-0.3, -0.25) is 0 Å². The number of nitrogens with two attached hydrogens (primary N) is 1. The summed E-state index contributed by atoms with van der Waals surface area (Å²) < 4.78 is 10.5. The normalized spacial score (nSPS) is 11.4. The van der Waals surface area contributed by atoms with Gasteiger partial charge < -0.3 is 15.2 Å². The Morgan fingerprint density at radius 3 is 2.35 bits per heavy atom. The van der Waals surface area contributed by atoms with E-state index in [2.05, 4.69) is 0 Å². The lowest BCUT2D eigenvalue weighted by atomic mass is 10.0. The smallest absolute Gasteiger partial charge is 0.161 e. The Labute approximate surface area is 108 Å². The van der Waals surface area contributed by atoms with Gasteiger partial charge in [-0.25, -0.2) is 0 Å². The minimum atomic E-state index is -0.108. The van der Waals surface area contributed by atoms with Crippen LogP contribution in [0, 0.1) is 0 Å². The first kappa shape index (κ1) is 14.2. The third-order valence-electron chi connectivity index (χ3n) is 2.37. The van der Waals surface area contributed by atoms with E-state index in [1.165, 1.54) is 4.90 Å². The number of rotatable bonds is 6. The molecule has 0 atom stereocenters. The summed E-state index contributed by atoms with van der Waals surface area (Å²) in [6.07, 6.45) is 0.978. The maximum Gasteiger partial charge on any atom is 0.161 e. The lowest BCUT2D eigenvalue weighted by Crippen LogP contribution is -2.32. The lowest BCUT2D eigenvalue weighted by molar-refractivity contribution is 0.354. The molecule has 1 aromatic rings. The number of benzene rings is 1. The Bertz CT molecular complexity index is 361. The summed E-state index contributed by atoms with van der Waals surface area (Å²) in [6.45, 7) is 4.09. The Kier molecular flexibility index (Phi) is 5.15. The third kappa shape index (κ3) is 4.88. The number of ether oxygens (including phenoxy) is 2. The fourth-order valence-corrected chi connectivity index (χ4v) is 2.56. The van der Waals surface area contributed by atoms with Crippen molar-refractivity contribution in [3.05, 3.63) is 18.2 Å². The fourth-order valence-electron chi connectivity index (χ4n) is 1.34. The van der Waals surface area contributed by atoms with Crippen LogP contribution in [0.25, 0.3) is 0 Å². The van der Waals surface area contributed by atoms with Crippen LogP contribution in [0.2, 0.25) is 0 Å². The van der Waals surface area contributed by atoms with Crippen LogP contribution in [0.15, 0.2) is 23.1 Å². The van der Waals surface area contributed by atoms with Crippen molar-refractivity contribution in [1.82, 2.24) is 0 Å². The molecule has 0 spiro atoms. The first-order valence-electron chi connectivity index (χ1n) is 5.60. The second kappa shape index (κ2) is 6.17. The number of hydrogen-bond donors (Lipinski definition) is 1. The molecule has 0 amide bonds. The maximum absolute atomic E-state index is 5.94. The van der Waals surface area contributed by atoms with Gasteiger partial charge >= 0.3 is 0 Å². The van der Waals surface area contributed by atoms with Crippen LogP contribution in [0.4, 0.5) is 0 Å². The lowest BCUT2D eigenvalue weighted by Gasteiger charge is -2.17. The second-order valence-corrected chi connectivity index (χ2v) is 5.77. The van der Waals surface area contributed by atoms with Crippen molar-refractivity contribution in [3.8, 4) is 11.5 Å². The molecule has 0 aromatic heterocycles. The highest BCUT2D eigenvalue weighted by atomic mass is 32.2. The zero-order valence-electron chi connectivity index (χ0n) is 10.9. The maximum atomic E-state index is 5.94. The summed E-state index contributed by atoms with van der Waals surface area (Å²) in [6, 6.07) is 5.96. The van der Waals surface area contributed by atoms with Gasteiger partial charge in [-0.05, 0) is 44.2 Å². The molecule has 17 heavy (non-hydrogen) atoms. The molecular weight excluding hydrogens is 234 g/mol. The predicted octanol–water partition coefficient (Wildman–Crippen LogP) is 2.92. The van der Waals surface area contributed by atoms with Gasteiger partial charge in [0.1, 0.15) is 0 Å². The van der Waals surface area contributed by atoms with E-state index in [0.29, 0.717) is 0 Å². The fraction of sp³-hybridized carbons (Fsp3) is 0.538. The molecule has 1 aromatic carbocycles. The van der Waals surface area contributed by atoms with Crippen molar-refractivity contribution >= 4 is 11.8 Å². The summed E-state index contributed by atoms with van der Waals surface area (Å²) in [4.78, 5) is 1.17. The highest BCUT2D eigenvalue weighted by Crippen LogP contribution is 2.32. The molecule has 0 heterocycles. The Hall–Kier alpha value is -0.870. The monoisotopic (exact) mass is 255 g/mol. The van der Waals surface area contributed by atoms with Crippen molar-refractivity contribution in [2.24, 2.45) is 5.73 Å². The SMILES string of the molecule is COc1ccc(SCCC(C)(C)N)cc1OC. The van der Waals surface area contributed by atoms with Gasteiger partial charge in [0.25, 0.3) is 0 Å². The standard InChI is InChI=1S/C13H21NO2S/c1-13(2,14)7-8-17-10-5-6-11(15-3)12(9-10)16-4/h5-6,9H,7-8,14H2,1-4H3. The van der Waals surface area contributed by atoms with Gasteiger partial charge in [0.15, 0.2) is 11.5 Å². The van der Waals surface area contributed by atoms with Gasteiger partial charge in [0, 0.05) is 10.4 Å². The summed E-state index contributed by atoms with van der Waals surface area (Å²) in [5.74, 6) is 2.53. The van der Waals surface area contributed by atoms with Crippen molar-refractivity contribution in [2.75, 3.05) is 20.0 Å². The highest BCUT2D eigenvalue weighted by molar-refractivity contribution is 7.99.